The Labute approximate surface area is 193 Å². The predicted octanol–water partition coefficient (Wildman–Crippen LogP) is 7.76. The van der Waals surface area contributed by atoms with Gasteiger partial charge < -0.3 is 4.74 Å². The first-order valence-corrected chi connectivity index (χ1v) is 10.5. The minimum absolute atomic E-state index is 0.0121. The Bertz CT molecular complexity index is 1090. The maximum absolute atomic E-state index is 10.8. The summed E-state index contributed by atoms with van der Waals surface area (Å²) in [5.74, 6) is 0.588. The zero-order chi connectivity index (χ0) is 21.0. The molecule has 0 radical (unpaired) electrons. The highest BCUT2D eigenvalue weighted by Crippen LogP contribution is 2.34. The highest BCUT2D eigenvalue weighted by Gasteiger charge is 2.11. The lowest BCUT2D eigenvalue weighted by Crippen LogP contribution is -2.00. The highest BCUT2D eigenvalue weighted by atomic mass is 79.9. The number of nitro benzene ring substituents is 1. The molecule has 9 heteroatoms. The molecule has 0 heterocycles. The SMILES string of the molecule is O=[N+]([O-])c1ccc(N=Cc2cc(Br)cc(Br)c2OCc2ccc(Cl)cc2Cl)cc1. The van der Waals surface area contributed by atoms with Gasteiger partial charge in [0.05, 0.1) is 15.1 Å². The molecule has 0 aliphatic heterocycles. The quantitative estimate of drug-likeness (QED) is 0.176. The van der Waals surface area contributed by atoms with E-state index in [0.717, 1.165) is 20.1 Å². The van der Waals surface area contributed by atoms with Gasteiger partial charge in [0.25, 0.3) is 5.69 Å². The van der Waals surface area contributed by atoms with Gasteiger partial charge in [0.2, 0.25) is 0 Å². The van der Waals surface area contributed by atoms with Gasteiger partial charge >= 0.3 is 0 Å². The van der Waals surface area contributed by atoms with Crippen molar-refractivity contribution in [1.29, 1.82) is 0 Å². The van der Waals surface area contributed by atoms with Crippen LogP contribution >= 0.6 is 55.1 Å². The molecule has 3 aromatic rings. The summed E-state index contributed by atoms with van der Waals surface area (Å²) in [7, 11) is 0. The Balaban J connectivity index is 1.85. The van der Waals surface area contributed by atoms with Crippen LogP contribution in [-0.4, -0.2) is 11.1 Å². The molecule has 0 aliphatic carbocycles. The van der Waals surface area contributed by atoms with E-state index < -0.39 is 4.92 Å². The molecule has 0 N–H and O–H groups in total. The fourth-order valence-corrected chi connectivity index (χ4v) is 4.26. The number of hydrogen-bond donors (Lipinski definition) is 0. The Morgan fingerprint density at radius 3 is 2.45 bits per heavy atom. The molecule has 0 bridgehead atoms. The Hall–Kier alpha value is -1.93. The average molecular weight is 559 g/mol. The molecule has 0 fully saturated rings. The molecule has 0 atom stereocenters. The molecule has 29 heavy (non-hydrogen) atoms. The second kappa shape index (κ2) is 9.71. The lowest BCUT2D eigenvalue weighted by molar-refractivity contribution is -0.384. The molecule has 3 aromatic carbocycles. The Morgan fingerprint density at radius 2 is 1.79 bits per heavy atom. The molecule has 148 valence electrons. The number of nitrogens with zero attached hydrogens (tertiary/aromatic N) is 2. The number of aliphatic imine (C=N–C) groups is 1. The van der Waals surface area contributed by atoms with Crippen LogP contribution in [0.25, 0.3) is 0 Å². The van der Waals surface area contributed by atoms with Crippen molar-refractivity contribution in [2.24, 2.45) is 4.99 Å². The van der Waals surface area contributed by atoms with Crippen LogP contribution in [0.15, 0.2) is 68.5 Å². The largest absolute Gasteiger partial charge is 0.487 e. The first-order valence-electron chi connectivity index (χ1n) is 8.18. The summed E-state index contributed by atoms with van der Waals surface area (Å²) in [6, 6.07) is 14.9. The lowest BCUT2D eigenvalue weighted by atomic mass is 10.2. The average Bonchev–Trinajstić information content (AvgIpc) is 2.67. The van der Waals surface area contributed by atoms with Crippen LogP contribution in [0.5, 0.6) is 5.75 Å². The van der Waals surface area contributed by atoms with Gasteiger partial charge in [0.15, 0.2) is 0 Å². The zero-order valence-electron chi connectivity index (χ0n) is 14.6. The summed E-state index contributed by atoms with van der Waals surface area (Å²) >= 11 is 19.1. The number of benzene rings is 3. The minimum Gasteiger partial charge on any atom is -0.487 e. The fraction of sp³-hybridized carbons (Fsp3) is 0.0500. The first kappa shape index (κ1) is 21.8. The summed E-state index contributed by atoms with van der Waals surface area (Å²) in [6.07, 6.45) is 1.63. The maximum atomic E-state index is 10.8. The van der Waals surface area contributed by atoms with Crippen molar-refractivity contribution in [3.05, 3.63) is 94.8 Å². The fourth-order valence-electron chi connectivity index (χ4n) is 2.42. The Morgan fingerprint density at radius 1 is 1.07 bits per heavy atom. The molecular weight excluding hydrogens is 547 g/mol. The summed E-state index contributed by atoms with van der Waals surface area (Å²) in [4.78, 5) is 14.7. The number of ether oxygens (including phenoxy) is 1. The van der Waals surface area contributed by atoms with Crippen LogP contribution in [-0.2, 0) is 6.61 Å². The molecule has 0 amide bonds. The van der Waals surface area contributed by atoms with Crippen LogP contribution in [0.3, 0.4) is 0 Å². The molecule has 0 saturated heterocycles. The van der Waals surface area contributed by atoms with Crippen LogP contribution in [0.2, 0.25) is 10.0 Å². The molecule has 3 rings (SSSR count). The van der Waals surface area contributed by atoms with Gasteiger partial charge in [-0.3, -0.25) is 15.1 Å². The van der Waals surface area contributed by atoms with E-state index in [1.54, 1.807) is 30.5 Å². The topological polar surface area (TPSA) is 64.7 Å². The first-order chi connectivity index (χ1) is 13.8. The van der Waals surface area contributed by atoms with Gasteiger partial charge in [-0.25, -0.2) is 0 Å². The maximum Gasteiger partial charge on any atom is 0.269 e. The van der Waals surface area contributed by atoms with E-state index in [1.807, 2.05) is 18.2 Å². The monoisotopic (exact) mass is 556 g/mol. The second-order valence-corrected chi connectivity index (χ2v) is 8.48. The van der Waals surface area contributed by atoms with Crippen molar-refractivity contribution in [1.82, 2.24) is 0 Å². The molecular formula is C20H12Br2Cl2N2O3. The summed E-state index contributed by atoms with van der Waals surface area (Å²) in [6.45, 7) is 0.245. The van der Waals surface area contributed by atoms with E-state index in [1.165, 1.54) is 12.1 Å². The minimum atomic E-state index is -0.452. The number of rotatable bonds is 6. The van der Waals surface area contributed by atoms with Crippen LogP contribution in [0.1, 0.15) is 11.1 Å². The smallest absolute Gasteiger partial charge is 0.269 e. The van der Waals surface area contributed by atoms with E-state index in [9.17, 15) is 10.1 Å². The normalized spacial score (nSPS) is 11.0. The van der Waals surface area contributed by atoms with Gasteiger partial charge in [0, 0.05) is 44.0 Å². The third-order valence-electron chi connectivity index (χ3n) is 3.84. The van der Waals surface area contributed by atoms with Gasteiger partial charge in [-0.15, -0.1) is 0 Å². The predicted molar refractivity (Wildman–Crippen MR) is 123 cm³/mol. The summed E-state index contributed by atoms with van der Waals surface area (Å²) in [5.41, 5.74) is 2.11. The van der Waals surface area contributed by atoms with Crippen molar-refractivity contribution in [2.75, 3.05) is 0 Å². The van der Waals surface area contributed by atoms with E-state index in [0.29, 0.717) is 21.5 Å². The van der Waals surface area contributed by atoms with Gasteiger partial charge in [0.1, 0.15) is 12.4 Å². The number of hydrogen-bond acceptors (Lipinski definition) is 4. The molecule has 0 aromatic heterocycles. The number of non-ortho nitro benzene ring substituents is 1. The zero-order valence-corrected chi connectivity index (χ0v) is 19.3. The van der Waals surface area contributed by atoms with Crippen LogP contribution in [0, 0.1) is 10.1 Å². The standard InChI is InChI=1S/C20H12Br2Cl2N2O3/c21-14-7-13(10-25-16-3-5-17(6-4-16)26(27)28)20(18(22)8-14)29-11-12-1-2-15(23)9-19(12)24/h1-10H,11H2. The van der Waals surface area contributed by atoms with Crippen molar-refractivity contribution in [3.8, 4) is 5.75 Å². The second-order valence-electron chi connectivity index (χ2n) is 5.86. The van der Waals surface area contributed by atoms with Gasteiger partial charge in [-0.05, 0) is 52.3 Å². The number of nitro groups is 1. The van der Waals surface area contributed by atoms with Crippen LogP contribution < -0.4 is 4.74 Å². The van der Waals surface area contributed by atoms with Crippen LogP contribution in [0.4, 0.5) is 11.4 Å². The summed E-state index contributed by atoms with van der Waals surface area (Å²) in [5, 5.41) is 11.8. The van der Waals surface area contributed by atoms with Crippen molar-refractivity contribution < 1.29 is 9.66 Å². The lowest BCUT2D eigenvalue weighted by Gasteiger charge is -2.13. The highest BCUT2D eigenvalue weighted by molar-refractivity contribution is 9.11. The van der Waals surface area contributed by atoms with E-state index in [2.05, 4.69) is 36.9 Å². The Kier molecular flexibility index (Phi) is 7.29. The van der Waals surface area contributed by atoms with Gasteiger partial charge in [-0.1, -0.05) is 45.2 Å². The number of halogens is 4. The van der Waals surface area contributed by atoms with Crippen molar-refractivity contribution in [2.45, 2.75) is 6.61 Å². The van der Waals surface area contributed by atoms with Gasteiger partial charge in [-0.2, -0.15) is 0 Å². The third-order valence-corrected chi connectivity index (χ3v) is 5.47. The van der Waals surface area contributed by atoms with E-state index in [-0.39, 0.29) is 12.3 Å². The summed E-state index contributed by atoms with van der Waals surface area (Å²) < 4.78 is 7.57. The van der Waals surface area contributed by atoms with E-state index >= 15 is 0 Å². The van der Waals surface area contributed by atoms with Crippen molar-refractivity contribution in [3.63, 3.8) is 0 Å². The molecule has 5 nitrogen and oxygen atoms in total. The molecule has 0 aliphatic rings. The third kappa shape index (κ3) is 5.79. The molecule has 0 unspecified atom stereocenters. The van der Waals surface area contributed by atoms with Crippen molar-refractivity contribution >= 4 is 72.7 Å². The molecule has 0 spiro atoms. The molecule has 0 saturated carbocycles. The van der Waals surface area contributed by atoms with E-state index in [4.69, 9.17) is 27.9 Å².